The Morgan fingerprint density at radius 3 is 2.42 bits per heavy atom. The second-order valence-corrected chi connectivity index (χ2v) is 8.16. The lowest BCUT2D eigenvalue weighted by atomic mass is 10.1. The van der Waals surface area contributed by atoms with E-state index in [-0.39, 0.29) is 17.6 Å². The van der Waals surface area contributed by atoms with E-state index in [1.807, 2.05) is 38.1 Å². The second kappa shape index (κ2) is 9.88. The van der Waals surface area contributed by atoms with Crippen molar-refractivity contribution < 1.29 is 14.2 Å². The van der Waals surface area contributed by atoms with Crippen molar-refractivity contribution in [1.29, 1.82) is 0 Å². The van der Waals surface area contributed by atoms with Crippen LogP contribution in [0, 0.1) is 17.0 Å². The number of amides is 1. The number of aromatic nitrogens is 2. The van der Waals surface area contributed by atoms with Crippen molar-refractivity contribution in [2.45, 2.75) is 26.4 Å². The summed E-state index contributed by atoms with van der Waals surface area (Å²) in [6.45, 7) is 7.47. The van der Waals surface area contributed by atoms with Gasteiger partial charge in [0.2, 0.25) is 17.6 Å². The first-order valence-electron chi connectivity index (χ1n) is 10.8. The Morgan fingerprint density at radius 2 is 1.79 bits per heavy atom. The maximum Gasteiger partial charge on any atom is 0.269 e. The number of carbonyl (C=O) groups excluding carboxylic acids is 1. The van der Waals surface area contributed by atoms with Crippen molar-refractivity contribution in [2.75, 3.05) is 31.5 Å². The summed E-state index contributed by atoms with van der Waals surface area (Å²) in [6, 6.07) is 13.5. The zero-order chi connectivity index (χ0) is 23.4. The number of hydrogen-bond acceptors (Lipinski definition) is 8. The van der Waals surface area contributed by atoms with E-state index in [1.54, 1.807) is 0 Å². The molecular weight excluding hydrogens is 424 g/mol. The molecule has 2 heterocycles. The molecule has 0 aliphatic carbocycles. The molecule has 1 aromatic heterocycles. The number of non-ortho nitro benzene ring substituents is 1. The van der Waals surface area contributed by atoms with Crippen LogP contribution in [0.3, 0.4) is 0 Å². The van der Waals surface area contributed by atoms with Gasteiger partial charge in [0.15, 0.2) is 0 Å². The Labute approximate surface area is 191 Å². The number of anilines is 1. The predicted octanol–water partition coefficient (Wildman–Crippen LogP) is 3.10. The van der Waals surface area contributed by atoms with Gasteiger partial charge in [-0.05, 0) is 26.0 Å². The van der Waals surface area contributed by atoms with Crippen molar-refractivity contribution in [1.82, 2.24) is 19.9 Å². The van der Waals surface area contributed by atoms with E-state index in [2.05, 4.69) is 25.3 Å². The van der Waals surface area contributed by atoms with Crippen LogP contribution >= 0.6 is 0 Å². The molecule has 0 radical (unpaired) electrons. The van der Waals surface area contributed by atoms with E-state index in [1.165, 1.54) is 29.8 Å². The number of rotatable bonds is 7. The minimum absolute atomic E-state index is 0.00981. The zero-order valence-electron chi connectivity index (χ0n) is 18.6. The summed E-state index contributed by atoms with van der Waals surface area (Å²) in [6.07, 6.45) is 0. The number of aryl methyl sites for hydroxylation is 1. The SMILES string of the molecule is Cc1ccc(-c2noc(CN3CCN([C@@H](C)C(=O)Nc4ccc([N+](=O)[O-])cc4)CC3)n2)cc1. The zero-order valence-corrected chi connectivity index (χ0v) is 18.6. The first kappa shape index (κ1) is 22.6. The third-order valence-electron chi connectivity index (χ3n) is 5.82. The molecular formula is C23H26N6O4. The number of hydrogen-bond donors (Lipinski definition) is 1. The molecule has 1 atom stereocenters. The van der Waals surface area contributed by atoms with E-state index in [9.17, 15) is 14.9 Å². The Bertz CT molecular complexity index is 1100. The van der Waals surface area contributed by atoms with E-state index < -0.39 is 4.92 Å². The average Bonchev–Trinajstić information content (AvgIpc) is 3.28. The van der Waals surface area contributed by atoms with Crippen molar-refractivity contribution in [3.05, 3.63) is 70.1 Å². The van der Waals surface area contributed by atoms with Crippen LogP contribution in [0.2, 0.25) is 0 Å². The van der Waals surface area contributed by atoms with Crippen molar-refractivity contribution in [3.8, 4) is 11.4 Å². The van der Waals surface area contributed by atoms with Crippen molar-refractivity contribution >= 4 is 17.3 Å². The first-order chi connectivity index (χ1) is 15.9. The first-order valence-corrected chi connectivity index (χ1v) is 10.8. The van der Waals surface area contributed by atoms with Crippen LogP contribution in [-0.4, -0.2) is 63.0 Å². The summed E-state index contributed by atoms with van der Waals surface area (Å²) in [7, 11) is 0. The minimum atomic E-state index is -0.467. The molecule has 0 bridgehead atoms. The molecule has 0 spiro atoms. The highest BCUT2D eigenvalue weighted by atomic mass is 16.6. The summed E-state index contributed by atoms with van der Waals surface area (Å²) in [5.41, 5.74) is 2.63. The van der Waals surface area contributed by atoms with Gasteiger partial charge in [-0.2, -0.15) is 4.98 Å². The molecule has 10 heteroatoms. The maximum absolute atomic E-state index is 12.6. The van der Waals surface area contributed by atoms with Gasteiger partial charge in [-0.1, -0.05) is 35.0 Å². The molecule has 0 unspecified atom stereocenters. The Hall–Kier alpha value is -3.63. The van der Waals surface area contributed by atoms with Crippen molar-refractivity contribution in [2.24, 2.45) is 0 Å². The number of piperazine rings is 1. The molecule has 1 aliphatic heterocycles. The molecule has 1 saturated heterocycles. The standard InChI is InChI=1S/C23H26N6O4/c1-16-3-5-18(6-4-16)22-25-21(33-26-22)15-27-11-13-28(14-12-27)17(2)23(30)24-19-7-9-20(10-8-19)29(31)32/h3-10,17H,11-15H2,1-2H3,(H,24,30)/t17-/m0/s1. The molecule has 1 amide bonds. The number of benzene rings is 2. The highest BCUT2D eigenvalue weighted by molar-refractivity contribution is 5.94. The largest absolute Gasteiger partial charge is 0.338 e. The predicted molar refractivity (Wildman–Crippen MR) is 123 cm³/mol. The molecule has 10 nitrogen and oxygen atoms in total. The molecule has 1 N–H and O–H groups in total. The Kier molecular flexibility index (Phi) is 6.76. The third-order valence-corrected chi connectivity index (χ3v) is 5.82. The fraction of sp³-hybridized carbons (Fsp3) is 0.348. The summed E-state index contributed by atoms with van der Waals surface area (Å²) in [5, 5.41) is 17.7. The highest BCUT2D eigenvalue weighted by Crippen LogP contribution is 2.19. The van der Waals surface area contributed by atoms with Gasteiger partial charge < -0.3 is 9.84 Å². The topological polar surface area (TPSA) is 118 Å². The fourth-order valence-corrected chi connectivity index (χ4v) is 3.72. The van der Waals surface area contributed by atoms with Gasteiger partial charge in [0.1, 0.15) is 0 Å². The lowest BCUT2D eigenvalue weighted by molar-refractivity contribution is -0.384. The van der Waals surface area contributed by atoms with Crippen molar-refractivity contribution in [3.63, 3.8) is 0 Å². The van der Waals surface area contributed by atoms with Crippen LogP contribution in [0.1, 0.15) is 18.4 Å². The lowest BCUT2D eigenvalue weighted by Crippen LogP contribution is -2.52. The van der Waals surface area contributed by atoms with E-state index in [0.29, 0.717) is 23.9 Å². The molecule has 0 saturated carbocycles. The third kappa shape index (κ3) is 5.60. The number of nitro benzene ring substituents is 1. The molecule has 4 rings (SSSR count). The van der Waals surface area contributed by atoms with Gasteiger partial charge in [-0.25, -0.2) is 0 Å². The van der Waals surface area contributed by atoms with Crippen LogP contribution in [-0.2, 0) is 11.3 Å². The monoisotopic (exact) mass is 450 g/mol. The van der Waals surface area contributed by atoms with Gasteiger partial charge in [-0.3, -0.25) is 24.7 Å². The summed E-state index contributed by atoms with van der Waals surface area (Å²) >= 11 is 0. The van der Waals surface area contributed by atoms with E-state index in [4.69, 9.17) is 4.52 Å². The van der Waals surface area contributed by atoms with Crippen LogP contribution in [0.15, 0.2) is 53.1 Å². The average molecular weight is 450 g/mol. The molecule has 33 heavy (non-hydrogen) atoms. The molecule has 3 aromatic rings. The number of nitrogens with zero attached hydrogens (tertiary/aromatic N) is 5. The van der Waals surface area contributed by atoms with Gasteiger partial charge in [-0.15, -0.1) is 0 Å². The minimum Gasteiger partial charge on any atom is -0.338 e. The summed E-state index contributed by atoms with van der Waals surface area (Å²) < 4.78 is 5.43. The summed E-state index contributed by atoms with van der Waals surface area (Å²) in [5.74, 6) is 1.01. The smallest absolute Gasteiger partial charge is 0.269 e. The summed E-state index contributed by atoms with van der Waals surface area (Å²) in [4.78, 5) is 31.8. The quantitative estimate of drug-likeness (QED) is 0.431. The van der Waals surface area contributed by atoms with Gasteiger partial charge in [0.05, 0.1) is 17.5 Å². The molecule has 1 aliphatic rings. The lowest BCUT2D eigenvalue weighted by Gasteiger charge is -2.36. The molecule has 1 fully saturated rings. The fourth-order valence-electron chi connectivity index (χ4n) is 3.72. The van der Waals surface area contributed by atoms with Gasteiger partial charge >= 0.3 is 0 Å². The van der Waals surface area contributed by atoms with Crippen LogP contribution in [0.5, 0.6) is 0 Å². The van der Waals surface area contributed by atoms with E-state index in [0.717, 1.165) is 31.7 Å². The number of nitrogens with one attached hydrogen (secondary N) is 1. The van der Waals surface area contributed by atoms with Crippen LogP contribution in [0.25, 0.3) is 11.4 Å². The normalized spacial score (nSPS) is 15.8. The second-order valence-electron chi connectivity index (χ2n) is 8.16. The molecule has 2 aromatic carbocycles. The number of carbonyl (C=O) groups is 1. The Morgan fingerprint density at radius 1 is 1.12 bits per heavy atom. The van der Waals surface area contributed by atoms with Gasteiger partial charge in [0, 0.05) is 49.6 Å². The van der Waals surface area contributed by atoms with Gasteiger partial charge in [0.25, 0.3) is 5.69 Å². The van der Waals surface area contributed by atoms with Crippen LogP contribution in [0.4, 0.5) is 11.4 Å². The van der Waals surface area contributed by atoms with Crippen LogP contribution < -0.4 is 5.32 Å². The van der Waals surface area contributed by atoms with E-state index >= 15 is 0 Å². The highest BCUT2D eigenvalue weighted by Gasteiger charge is 2.26. The number of nitro groups is 1. The Balaban J connectivity index is 1.26. The molecule has 172 valence electrons. The maximum atomic E-state index is 12.6.